The smallest absolute Gasteiger partial charge is 0.312 e. The first-order chi connectivity index (χ1) is 20.7. The van der Waals surface area contributed by atoms with E-state index in [1.54, 1.807) is 54.6 Å². The second-order valence-electron chi connectivity index (χ2n) is 9.24. The van der Waals surface area contributed by atoms with Gasteiger partial charge in [0.2, 0.25) is 11.6 Å². The molecule has 0 fully saturated rings. The Hall–Kier alpha value is -3.84. The Kier molecular flexibility index (Phi) is 8.19. The minimum absolute atomic E-state index is 0.0585. The average molecular weight is 788 g/mol. The number of para-hydroxylation sites is 1. The number of ether oxygens (including phenoxy) is 1. The van der Waals surface area contributed by atoms with Crippen LogP contribution in [0.2, 0.25) is 5.02 Å². The van der Waals surface area contributed by atoms with Crippen LogP contribution in [0.25, 0.3) is 33.5 Å². The van der Waals surface area contributed by atoms with Gasteiger partial charge in [-0.05, 0) is 70.5 Å². The summed E-state index contributed by atoms with van der Waals surface area (Å²) in [6.07, 6.45) is 1.34. The molecule has 2 heterocycles. The van der Waals surface area contributed by atoms with Crippen LogP contribution in [0.15, 0.2) is 107 Å². The summed E-state index contributed by atoms with van der Waals surface area (Å²) in [4.78, 5) is 29.7. The highest BCUT2D eigenvalue weighted by molar-refractivity contribution is 9.11. The van der Waals surface area contributed by atoms with E-state index in [1.165, 1.54) is 12.3 Å². The van der Waals surface area contributed by atoms with Crippen molar-refractivity contribution < 1.29 is 14.1 Å². The van der Waals surface area contributed by atoms with E-state index in [2.05, 4.69) is 57.9 Å². The van der Waals surface area contributed by atoms with E-state index in [9.17, 15) is 14.9 Å². The van der Waals surface area contributed by atoms with Crippen LogP contribution in [0.5, 0.6) is 5.75 Å². The molecule has 9 nitrogen and oxygen atoms in total. The molecule has 214 valence electrons. The summed E-state index contributed by atoms with van der Waals surface area (Å²) in [6.45, 7) is 0.0883. The largest absolute Gasteiger partial charge is 0.481 e. The van der Waals surface area contributed by atoms with Crippen molar-refractivity contribution >= 4 is 93.2 Å². The molecule has 0 N–H and O–H groups in total. The van der Waals surface area contributed by atoms with E-state index >= 15 is 0 Å². The van der Waals surface area contributed by atoms with Gasteiger partial charge in [-0.25, -0.2) is 4.98 Å². The quantitative estimate of drug-likeness (QED) is 0.0907. The zero-order chi connectivity index (χ0) is 30.2. The molecule has 0 atom stereocenters. The summed E-state index contributed by atoms with van der Waals surface area (Å²) in [5.74, 6) is 0.510. The van der Waals surface area contributed by atoms with Crippen LogP contribution in [-0.4, -0.2) is 20.8 Å². The molecule has 0 aliphatic heterocycles. The second kappa shape index (κ2) is 12.0. The Labute approximate surface area is 273 Å². The highest BCUT2D eigenvalue weighted by Crippen LogP contribution is 2.37. The summed E-state index contributed by atoms with van der Waals surface area (Å²) >= 11 is 16.4. The van der Waals surface area contributed by atoms with Gasteiger partial charge in [0.25, 0.3) is 5.56 Å². The predicted octanol–water partition coefficient (Wildman–Crippen LogP) is 9.12. The molecule has 2 aromatic heterocycles. The van der Waals surface area contributed by atoms with Gasteiger partial charge in [-0.3, -0.25) is 14.9 Å². The fourth-order valence-corrected chi connectivity index (χ4v) is 6.30. The molecule has 0 aliphatic rings. The lowest BCUT2D eigenvalue weighted by molar-refractivity contribution is -0.386. The number of furan rings is 1. The Balaban J connectivity index is 1.41. The highest BCUT2D eigenvalue weighted by Gasteiger charge is 2.21. The number of nitro groups is 1. The minimum atomic E-state index is -0.539. The highest BCUT2D eigenvalue weighted by atomic mass is 79.9. The molecule has 43 heavy (non-hydrogen) atoms. The van der Waals surface area contributed by atoms with Crippen LogP contribution < -0.4 is 10.3 Å². The maximum absolute atomic E-state index is 13.6. The van der Waals surface area contributed by atoms with Gasteiger partial charge in [0, 0.05) is 36.5 Å². The lowest BCUT2D eigenvalue weighted by Crippen LogP contribution is -2.20. The Bertz CT molecular complexity index is 2160. The zero-order valence-corrected chi connectivity index (χ0v) is 27.1. The number of hydrogen-bond acceptors (Lipinski definition) is 7. The summed E-state index contributed by atoms with van der Waals surface area (Å²) in [5.41, 5.74) is 1.45. The maximum atomic E-state index is 13.6. The van der Waals surface area contributed by atoms with Crippen LogP contribution >= 0.6 is 59.4 Å². The van der Waals surface area contributed by atoms with Crippen molar-refractivity contribution in [1.82, 2.24) is 9.66 Å². The van der Waals surface area contributed by atoms with Crippen molar-refractivity contribution in [2.45, 2.75) is 6.61 Å². The summed E-state index contributed by atoms with van der Waals surface area (Å²) in [6, 6.07) is 22.3. The van der Waals surface area contributed by atoms with Crippen molar-refractivity contribution in [2.24, 2.45) is 5.10 Å². The Morgan fingerprint density at radius 3 is 2.63 bits per heavy atom. The van der Waals surface area contributed by atoms with Crippen molar-refractivity contribution in [1.29, 1.82) is 0 Å². The standard InChI is InChI=1S/C30H16Br3ClN4O5/c31-19-6-5-17(22(32)13-19)15-42-28-23(33)9-16(10-25(28)38(40)41)14-35-37-29(36-24-4-2-1-3-21(24)30(37)39)27-12-18-11-20(34)7-8-26(18)43-27/h1-14H,15H2. The number of rotatable bonds is 7. The van der Waals surface area contributed by atoms with E-state index in [4.69, 9.17) is 20.8 Å². The maximum Gasteiger partial charge on any atom is 0.312 e. The van der Waals surface area contributed by atoms with Crippen molar-refractivity contribution in [3.8, 4) is 17.3 Å². The van der Waals surface area contributed by atoms with Crippen LogP contribution in [-0.2, 0) is 6.61 Å². The van der Waals surface area contributed by atoms with Gasteiger partial charge in [-0.2, -0.15) is 9.78 Å². The molecule has 0 saturated carbocycles. The van der Waals surface area contributed by atoms with Crippen molar-refractivity contribution in [2.75, 3.05) is 0 Å². The number of benzene rings is 4. The lowest BCUT2D eigenvalue weighted by Gasteiger charge is -2.11. The minimum Gasteiger partial charge on any atom is -0.481 e. The number of fused-ring (bicyclic) bond motifs is 2. The number of aromatic nitrogens is 2. The molecule has 0 amide bonds. The molecular weight excluding hydrogens is 772 g/mol. The molecule has 6 aromatic rings. The second-order valence-corrected chi connectivity index (χ2v) is 12.3. The molecular formula is C30H16Br3ClN4O5. The fourth-order valence-electron chi connectivity index (χ4n) is 4.38. The van der Waals surface area contributed by atoms with Gasteiger partial charge in [0.1, 0.15) is 12.2 Å². The first-order valence-electron chi connectivity index (χ1n) is 12.5. The third-order valence-corrected chi connectivity index (χ3v) is 8.46. The molecule has 0 spiro atoms. The third kappa shape index (κ3) is 6.00. The van der Waals surface area contributed by atoms with E-state index in [0.717, 1.165) is 24.6 Å². The van der Waals surface area contributed by atoms with Crippen molar-refractivity contribution in [3.63, 3.8) is 0 Å². The van der Waals surface area contributed by atoms with Gasteiger partial charge < -0.3 is 9.15 Å². The van der Waals surface area contributed by atoms with E-state index in [-0.39, 0.29) is 23.9 Å². The van der Waals surface area contributed by atoms with Gasteiger partial charge in [0.05, 0.1) is 26.5 Å². The van der Waals surface area contributed by atoms with Gasteiger partial charge >= 0.3 is 5.69 Å². The first kappa shape index (κ1) is 29.2. The molecule has 6 rings (SSSR count). The molecule has 0 saturated heterocycles. The summed E-state index contributed by atoms with van der Waals surface area (Å²) in [5, 5.41) is 18.0. The van der Waals surface area contributed by atoms with E-state index < -0.39 is 10.5 Å². The van der Waals surface area contributed by atoms with Crippen LogP contribution in [0.4, 0.5) is 5.69 Å². The van der Waals surface area contributed by atoms with Gasteiger partial charge in [-0.1, -0.05) is 61.7 Å². The monoisotopic (exact) mass is 784 g/mol. The zero-order valence-electron chi connectivity index (χ0n) is 21.6. The fraction of sp³-hybridized carbons (Fsp3) is 0.0333. The Morgan fingerprint density at radius 2 is 1.84 bits per heavy atom. The molecule has 0 aliphatic carbocycles. The van der Waals surface area contributed by atoms with E-state index in [1.807, 2.05) is 18.2 Å². The van der Waals surface area contributed by atoms with Gasteiger partial charge in [0.15, 0.2) is 5.76 Å². The number of nitrogens with zero attached hydrogens (tertiary/aromatic N) is 4. The van der Waals surface area contributed by atoms with E-state index in [0.29, 0.717) is 37.3 Å². The molecule has 0 unspecified atom stereocenters. The van der Waals surface area contributed by atoms with Crippen LogP contribution in [0.1, 0.15) is 11.1 Å². The van der Waals surface area contributed by atoms with Crippen LogP contribution in [0.3, 0.4) is 0 Å². The summed E-state index contributed by atoms with van der Waals surface area (Å²) < 4.78 is 15.0. The average Bonchev–Trinajstić information content (AvgIpc) is 3.39. The summed E-state index contributed by atoms with van der Waals surface area (Å²) in [7, 11) is 0. The van der Waals surface area contributed by atoms with Crippen molar-refractivity contribution in [3.05, 3.63) is 129 Å². The predicted molar refractivity (Wildman–Crippen MR) is 176 cm³/mol. The van der Waals surface area contributed by atoms with Crippen LogP contribution in [0, 0.1) is 10.1 Å². The number of nitro benzene ring substituents is 1. The number of halogens is 4. The third-order valence-electron chi connectivity index (χ3n) is 6.40. The molecule has 0 bridgehead atoms. The van der Waals surface area contributed by atoms with Gasteiger partial charge in [-0.15, -0.1) is 0 Å². The Morgan fingerprint density at radius 1 is 1.02 bits per heavy atom. The molecule has 0 radical (unpaired) electrons. The molecule has 13 heteroatoms. The lowest BCUT2D eigenvalue weighted by atomic mass is 10.2. The first-order valence-corrected chi connectivity index (χ1v) is 15.2. The number of hydrogen-bond donors (Lipinski definition) is 0. The SMILES string of the molecule is O=c1c2ccccc2nc(-c2cc3cc(Cl)ccc3o2)n1N=Cc1cc(Br)c(OCc2ccc(Br)cc2Br)c([N+](=O)[O-])c1. The normalized spacial score (nSPS) is 11.5. The molecule has 4 aromatic carbocycles. The topological polar surface area (TPSA) is 113 Å².